The van der Waals surface area contributed by atoms with Crippen molar-refractivity contribution in [3.05, 3.63) is 41.5 Å². The molecule has 2 aromatic rings. The summed E-state index contributed by atoms with van der Waals surface area (Å²) in [5.74, 6) is 0.256. The van der Waals surface area contributed by atoms with Gasteiger partial charge in [-0.15, -0.1) is 0 Å². The van der Waals surface area contributed by atoms with Crippen molar-refractivity contribution in [3.8, 4) is 23.2 Å². The van der Waals surface area contributed by atoms with Gasteiger partial charge < -0.3 is 25.8 Å². The van der Waals surface area contributed by atoms with Crippen molar-refractivity contribution in [2.24, 2.45) is 10.7 Å². The number of aliphatic hydroxyl groups excluding tert-OH is 1. The summed E-state index contributed by atoms with van der Waals surface area (Å²) in [6.07, 6.45) is 0.891. The summed E-state index contributed by atoms with van der Waals surface area (Å²) in [5.41, 5.74) is 7.68. The number of nitrogens with one attached hydrogen (secondary N) is 1. The Morgan fingerprint density at radius 1 is 1.49 bits per heavy atom. The number of carbonyl (C=O) groups excluding carboxylic acids is 1. The Kier molecular flexibility index (Phi) is 8.63. The molecule has 184 valence electrons. The number of hydrogen-bond donors (Lipinski definition) is 3. The minimum absolute atomic E-state index is 0.174. The number of allylic oxidation sites excluding steroid dienone is 2. The van der Waals surface area contributed by atoms with E-state index >= 15 is 0 Å². The topological polar surface area (TPSA) is 163 Å². The van der Waals surface area contributed by atoms with Gasteiger partial charge in [0.1, 0.15) is 30.9 Å². The number of rotatable bonds is 8. The predicted octanol–water partition coefficient (Wildman–Crippen LogP) is 1.41. The Morgan fingerprint density at radius 3 is 2.94 bits per heavy atom. The molecular formula is C23H27FN8O3. The van der Waals surface area contributed by atoms with Gasteiger partial charge in [-0.2, -0.15) is 10.2 Å². The number of piperidine rings is 1. The number of benzene rings is 1. The molecule has 1 fully saturated rings. The van der Waals surface area contributed by atoms with E-state index in [4.69, 9.17) is 15.6 Å². The van der Waals surface area contributed by atoms with Crippen LogP contribution in [0.1, 0.15) is 25.8 Å². The summed E-state index contributed by atoms with van der Waals surface area (Å²) in [6.45, 7) is 3.63. The Balaban J connectivity index is 1.77. The van der Waals surface area contributed by atoms with E-state index < -0.39 is 24.8 Å². The average molecular weight is 483 g/mol. The quantitative estimate of drug-likeness (QED) is 0.472. The molecule has 11 nitrogen and oxygen atoms in total. The molecule has 3 rings (SSSR count). The molecule has 1 aliphatic rings. The minimum Gasteiger partial charge on any atom is -0.486 e. The lowest BCUT2D eigenvalue weighted by Gasteiger charge is -2.34. The second-order valence-corrected chi connectivity index (χ2v) is 7.76. The molecule has 0 saturated carbocycles. The Hall–Kier alpha value is -4.11. The van der Waals surface area contributed by atoms with Crippen LogP contribution in [-0.2, 0) is 4.79 Å². The van der Waals surface area contributed by atoms with Crippen molar-refractivity contribution in [1.29, 1.82) is 5.26 Å². The van der Waals surface area contributed by atoms with Crippen LogP contribution >= 0.6 is 0 Å². The lowest BCUT2D eigenvalue weighted by molar-refractivity contribution is -0.138. The molecule has 1 aromatic heterocycles. The second kappa shape index (κ2) is 11.8. The minimum atomic E-state index is -1.45. The van der Waals surface area contributed by atoms with Gasteiger partial charge in [-0.1, -0.05) is 0 Å². The molecule has 4 N–H and O–H groups in total. The van der Waals surface area contributed by atoms with Gasteiger partial charge in [0, 0.05) is 37.0 Å². The normalized spacial score (nSPS) is 18.7. The average Bonchev–Trinajstić information content (AvgIpc) is 2.87. The van der Waals surface area contributed by atoms with E-state index in [0.29, 0.717) is 29.3 Å². The molecule has 1 aliphatic heterocycles. The number of nitrogens with two attached hydrogens (primary N) is 1. The number of amides is 1. The van der Waals surface area contributed by atoms with Crippen LogP contribution in [0.15, 0.2) is 40.9 Å². The van der Waals surface area contributed by atoms with Crippen LogP contribution in [0.4, 0.5) is 10.3 Å². The zero-order chi connectivity index (χ0) is 25.4. The lowest BCUT2D eigenvalue weighted by Crippen LogP contribution is -2.50. The Labute approximate surface area is 202 Å². The first kappa shape index (κ1) is 25.5. The third kappa shape index (κ3) is 6.48. The zero-order valence-electron chi connectivity index (χ0n) is 19.5. The first-order valence-corrected chi connectivity index (χ1v) is 11.0. The molecular weight excluding hydrogens is 455 g/mol. The van der Waals surface area contributed by atoms with Crippen LogP contribution in [-0.4, -0.2) is 75.6 Å². The molecule has 2 unspecified atom stereocenters. The fourth-order valence-electron chi connectivity index (χ4n) is 3.40. The van der Waals surface area contributed by atoms with Crippen LogP contribution in [0.2, 0.25) is 0 Å². The highest BCUT2D eigenvalue weighted by molar-refractivity contribution is 5.83. The van der Waals surface area contributed by atoms with Gasteiger partial charge in [-0.3, -0.25) is 9.79 Å². The molecule has 2 atom stereocenters. The Morgan fingerprint density at radius 2 is 2.29 bits per heavy atom. The third-order valence-electron chi connectivity index (χ3n) is 5.25. The second-order valence-electron chi connectivity index (χ2n) is 7.76. The molecule has 1 aromatic carbocycles. The van der Waals surface area contributed by atoms with Crippen LogP contribution in [0.25, 0.3) is 11.4 Å². The van der Waals surface area contributed by atoms with Crippen LogP contribution in [0, 0.1) is 11.3 Å². The van der Waals surface area contributed by atoms with E-state index in [9.17, 15) is 14.4 Å². The van der Waals surface area contributed by atoms with Gasteiger partial charge >= 0.3 is 0 Å². The number of ether oxygens (including phenoxy) is 1. The van der Waals surface area contributed by atoms with Gasteiger partial charge in [-0.25, -0.2) is 14.4 Å². The van der Waals surface area contributed by atoms with Crippen molar-refractivity contribution in [2.45, 2.75) is 32.5 Å². The SMILES string of the molecule is CCN=CC(Nc1ncnc(-c2ccc(OC3CCN(C(=O)CO)CC3F)c(C#N)c2)n1)=C(C)N. The van der Waals surface area contributed by atoms with Crippen LogP contribution < -0.4 is 15.8 Å². The van der Waals surface area contributed by atoms with E-state index in [-0.39, 0.29) is 36.8 Å². The summed E-state index contributed by atoms with van der Waals surface area (Å²) < 4.78 is 20.4. The van der Waals surface area contributed by atoms with Crippen molar-refractivity contribution in [1.82, 2.24) is 19.9 Å². The number of aliphatic imine (C=N–C) groups is 1. The number of anilines is 1. The molecule has 0 bridgehead atoms. The first-order valence-electron chi connectivity index (χ1n) is 11.0. The number of halogens is 1. The summed E-state index contributed by atoms with van der Waals surface area (Å²) >= 11 is 0. The van der Waals surface area contributed by atoms with E-state index in [1.165, 1.54) is 11.2 Å². The zero-order valence-corrected chi connectivity index (χ0v) is 19.5. The molecule has 0 aliphatic carbocycles. The molecule has 2 heterocycles. The number of carbonyl (C=O) groups is 1. The van der Waals surface area contributed by atoms with Gasteiger partial charge in [0.05, 0.1) is 17.8 Å². The van der Waals surface area contributed by atoms with Crippen molar-refractivity contribution in [3.63, 3.8) is 0 Å². The van der Waals surface area contributed by atoms with Crippen molar-refractivity contribution in [2.75, 3.05) is 31.6 Å². The maximum atomic E-state index is 14.6. The highest BCUT2D eigenvalue weighted by atomic mass is 19.1. The van der Waals surface area contributed by atoms with Crippen LogP contribution in [0.3, 0.4) is 0 Å². The summed E-state index contributed by atoms with van der Waals surface area (Å²) in [6, 6.07) is 6.83. The maximum Gasteiger partial charge on any atom is 0.248 e. The standard InChI is InChI=1S/C23H27FN8O3/c1-3-27-10-18(14(2)26)30-23-29-13-28-22(31-23)15-4-5-19(16(8-15)9-25)35-20-6-7-32(11-17(20)24)21(34)12-33/h4-5,8,10,13,17,20,33H,3,6-7,11-12,26H2,1-2H3,(H,28,29,30,31). The summed E-state index contributed by atoms with van der Waals surface area (Å²) in [4.78, 5) is 29.7. The molecule has 0 radical (unpaired) electrons. The van der Waals surface area contributed by atoms with E-state index in [0.717, 1.165) is 0 Å². The number of aliphatic hydroxyl groups is 1. The first-order chi connectivity index (χ1) is 16.9. The van der Waals surface area contributed by atoms with Gasteiger partial charge in [0.25, 0.3) is 0 Å². The van der Waals surface area contributed by atoms with Crippen LogP contribution in [0.5, 0.6) is 5.75 Å². The number of nitrogens with zero attached hydrogens (tertiary/aromatic N) is 6. The highest BCUT2D eigenvalue weighted by Crippen LogP contribution is 2.28. The number of likely N-dealkylation sites (tertiary alicyclic amines) is 1. The molecule has 1 amide bonds. The monoisotopic (exact) mass is 482 g/mol. The van der Waals surface area contributed by atoms with E-state index in [1.54, 1.807) is 31.3 Å². The Bertz CT molecular complexity index is 1160. The summed E-state index contributed by atoms with van der Waals surface area (Å²) in [7, 11) is 0. The predicted molar refractivity (Wildman–Crippen MR) is 127 cm³/mol. The number of aromatic nitrogens is 3. The van der Waals surface area contributed by atoms with E-state index in [1.807, 2.05) is 6.92 Å². The number of alkyl halides is 1. The molecule has 1 saturated heterocycles. The third-order valence-corrected chi connectivity index (χ3v) is 5.25. The van der Waals surface area contributed by atoms with E-state index in [2.05, 4.69) is 31.3 Å². The van der Waals surface area contributed by atoms with Gasteiger partial charge in [-0.05, 0) is 32.0 Å². The number of hydrogen-bond acceptors (Lipinski definition) is 10. The highest BCUT2D eigenvalue weighted by Gasteiger charge is 2.33. The van der Waals surface area contributed by atoms with Crippen molar-refractivity contribution >= 4 is 18.1 Å². The molecule has 0 spiro atoms. The van der Waals surface area contributed by atoms with Gasteiger partial charge in [0.2, 0.25) is 11.9 Å². The smallest absolute Gasteiger partial charge is 0.248 e. The largest absolute Gasteiger partial charge is 0.486 e. The molecule has 35 heavy (non-hydrogen) atoms. The maximum absolute atomic E-state index is 14.6. The molecule has 12 heteroatoms. The number of nitriles is 1. The summed E-state index contributed by atoms with van der Waals surface area (Å²) in [5, 5.41) is 21.6. The van der Waals surface area contributed by atoms with Gasteiger partial charge in [0.15, 0.2) is 12.0 Å². The lowest BCUT2D eigenvalue weighted by atomic mass is 10.0. The fraction of sp³-hybridized carbons (Fsp3) is 0.391. The van der Waals surface area contributed by atoms with Crippen molar-refractivity contribution < 1.29 is 19.0 Å². The fourth-order valence-corrected chi connectivity index (χ4v) is 3.40.